The Labute approximate surface area is 126 Å². The molecule has 0 atom stereocenters. The summed E-state index contributed by atoms with van der Waals surface area (Å²) in [5.74, 6) is -0.317. The van der Waals surface area contributed by atoms with Crippen LogP contribution in [0.1, 0.15) is 9.80 Å². The predicted molar refractivity (Wildman–Crippen MR) is 77.4 cm³/mol. The van der Waals surface area contributed by atoms with E-state index in [0.717, 1.165) is 11.3 Å². The maximum atomic E-state index is 11.9. The number of hydrogen-bond acceptors (Lipinski definition) is 6. The van der Waals surface area contributed by atoms with E-state index in [2.05, 4.69) is 25.5 Å². The van der Waals surface area contributed by atoms with Crippen molar-refractivity contribution in [1.29, 1.82) is 0 Å². The number of aromatic nitrogens is 4. The fourth-order valence-electron chi connectivity index (χ4n) is 1.52. The fourth-order valence-corrected chi connectivity index (χ4v) is 2.42. The van der Waals surface area contributed by atoms with Gasteiger partial charge in [-0.15, -0.1) is 10.2 Å². The van der Waals surface area contributed by atoms with Gasteiger partial charge >= 0.3 is 0 Å². The summed E-state index contributed by atoms with van der Waals surface area (Å²) in [7, 11) is 0. The second-order valence-corrected chi connectivity index (χ2v) is 5.58. The molecule has 20 heavy (non-hydrogen) atoms. The molecule has 2 heterocycles. The fraction of sp³-hybridized carbons (Fsp3) is 0. The summed E-state index contributed by atoms with van der Waals surface area (Å²) in [6.07, 6.45) is 0. The van der Waals surface area contributed by atoms with E-state index in [4.69, 9.17) is 23.2 Å². The molecule has 1 N–H and O–H groups in total. The van der Waals surface area contributed by atoms with E-state index in [-0.39, 0.29) is 20.4 Å². The molecule has 0 saturated carbocycles. The molecule has 0 aliphatic rings. The predicted octanol–water partition coefficient (Wildman–Crippen LogP) is 3.04. The number of amides is 1. The normalized spacial score (nSPS) is 10.7. The van der Waals surface area contributed by atoms with Crippen LogP contribution >= 0.6 is 34.5 Å². The van der Waals surface area contributed by atoms with Crippen LogP contribution < -0.4 is 5.32 Å². The smallest absolute Gasteiger partial charge is 0.287 e. The number of halogens is 2. The first-order chi connectivity index (χ1) is 9.63. The van der Waals surface area contributed by atoms with E-state index in [1.54, 1.807) is 12.1 Å². The summed E-state index contributed by atoms with van der Waals surface area (Å²) in [6, 6.07) is 7.20. The van der Waals surface area contributed by atoms with Crippen molar-refractivity contribution in [2.75, 3.05) is 5.32 Å². The maximum absolute atomic E-state index is 11.9. The Kier molecular flexibility index (Phi) is 3.47. The highest BCUT2D eigenvalue weighted by atomic mass is 35.5. The molecule has 100 valence electrons. The number of benzene rings is 1. The van der Waals surface area contributed by atoms with E-state index in [9.17, 15) is 4.79 Å². The minimum atomic E-state index is -0.485. The van der Waals surface area contributed by atoms with Gasteiger partial charge in [-0.3, -0.25) is 4.79 Å². The first-order valence-corrected chi connectivity index (χ1v) is 6.93. The third kappa shape index (κ3) is 2.55. The van der Waals surface area contributed by atoms with Crippen molar-refractivity contribution in [2.45, 2.75) is 0 Å². The van der Waals surface area contributed by atoms with Crippen LogP contribution in [-0.2, 0) is 0 Å². The lowest BCUT2D eigenvalue weighted by Gasteiger charge is -2.05. The van der Waals surface area contributed by atoms with Crippen molar-refractivity contribution in [1.82, 2.24) is 20.2 Å². The maximum Gasteiger partial charge on any atom is 0.287 e. The average molecular weight is 326 g/mol. The largest absolute Gasteiger partial charge is 0.302 e. The molecule has 0 unspecified atom stereocenters. The Bertz CT molecular complexity index is 806. The summed E-state index contributed by atoms with van der Waals surface area (Å²) >= 11 is 12.6. The molecular formula is C11H5Cl2N5OS. The van der Waals surface area contributed by atoms with Gasteiger partial charge in [-0.25, -0.2) is 9.97 Å². The summed E-state index contributed by atoms with van der Waals surface area (Å²) in [6.45, 7) is 0. The van der Waals surface area contributed by atoms with Crippen LogP contribution in [0.4, 0.5) is 5.82 Å². The van der Waals surface area contributed by atoms with E-state index < -0.39 is 5.91 Å². The SMILES string of the molecule is O=C(Nc1nc2ccccc2nc1Cl)c1nnc(Cl)s1. The van der Waals surface area contributed by atoms with Crippen molar-refractivity contribution >= 4 is 57.3 Å². The quantitative estimate of drug-likeness (QED) is 0.783. The Morgan fingerprint density at radius 2 is 1.80 bits per heavy atom. The van der Waals surface area contributed by atoms with Crippen molar-refractivity contribution in [3.63, 3.8) is 0 Å². The second kappa shape index (κ2) is 5.28. The highest BCUT2D eigenvalue weighted by Gasteiger charge is 2.15. The molecule has 1 aromatic carbocycles. The van der Waals surface area contributed by atoms with Gasteiger partial charge in [-0.05, 0) is 23.7 Å². The first kappa shape index (κ1) is 13.2. The highest BCUT2D eigenvalue weighted by molar-refractivity contribution is 7.17. The average Bonchev–Trinajstić information content (AvgIpc) is 2.86. The Balaban J connectivity index is 1.94. The number of hydrogen-bond donors (Lipinski definition) is 1. The second-order valence-electron chi connectivity index (χ2n) is 3.67. The summed E-state index contributed by atoms with van der Waals surface area (Å²) < 4.78 is 0.186. The van der Waals surface area contributed by atoms with Gasteiger partial charge in [0.1, 0.15) is 0 Å². The van der Waals surface area contributed by atoms with Gasteiger partial charge in [0.05, 0.1) is 11.0 Å². The molecule has 9 heteroatoms. The number of fused-ring (bicyclic) bond motifs is 1. The number of carbonyl (C=O) groups is 1. The van der Waals surface area contributed by atoms with Gasteiger partial charge in [-0.2, -0.15) is 0 Å². The zero-order chi connectivity index (χ0) is 14.1. The summed E-state index contributed by atoms with van der Waals surface area (Å²) in [4.78, 5) is 20.3. The van der Waals surface area contributed by atoms with E-state index in [1.807, 2.05) is 12.1 Å². The minimum Gasteiger partial charge on any atom is -0.302 e. The highest BCUT2D eigenvalue weighted by Crippen LogP contribution is 2.22. The van der Waals surface area contributed by atoms with Crippen LogP contribution in [0, 0.1) is 0 Å². The zero-order valence-electron chi connectivity index (χ0n) is 9.67. The Morgan fingerprint density at radius 3 is 2.45 bits per heavy atom. The lowest BCUT2D eigenvalue weighted by Crippen LogP contribution is -2.13. The molecule has 0 aliphatic carbocycles. The number of carbonyl (C=O) groups excluding carboxylic acids is 1. The zero-order valence-corrected chi connectivity index (χ0v) is 12.0. The van der Waals surface area contributed by atoms with Crippen molar-refractivity contribution in [3.8, 4) is 0 Å². The van der Waals surface area contributed by atoms with Crippen LogP contribution in [0.2, 0.25) is 9.62 Å². The monoisotopic (exact) mass is 325 g/mol. The van der Waals surface area contributed by atoms with Gasteiger partial charge < -0.3 is 5.32 Å². The van der Waals surface area contributed by atoms with Crippen LogP contribution in [0.15, 0.2) is 24.3 Å². The van der Waals surface area contributed by atoms with Crippen LogP contribution in [0.3, 0.4) is 0 Å². The lowest BCUT2D eigenvalue weighted by atomic mass is 10.3. The molecule has 0 spiro atoms. The molecule has 1 amide bonds. The van der Waals surface area contributed by atoms with Gasteiger partial charge in [0, 0.05) is 0 Å². The molecule has 0 radical (unpaired) electrons. The Hall–Kier alpha value is -1.83. The van der Waals surface area contributed by atoms with Crippen LogP contribution in [0.5, 0.6) is 0 Å². The molecule has 0 aliphatic heterocycles. The van der Waals surface area contributed by atoms with E-state index >= 15 is 0 Å². The van der Waals surface area contributed by atoms with Gasteiger partial charge in [-0.1, -0.05) is 35.1 Å². The standard InChI is InChI=1S/C11H5Cl2N5OS/c12-7-8(15-6-4-2-1-3-5(6)14-7)16-9(19)10-17-18-11(13)20-10/h1-4H,(H,15,16,19). The minimum absolute atomic E-state index is 0.104. The summed E-state index contributed by atoms with van der Waals surface area (Å²) in [5, 5.41) is 9.96. The van der Waals surface area contributed by atoms with Crippen LogP contribution in [-0.4, -0.2) is 26.1 Å². The molecule has 3 aromatic rings. The molecule has 0 saturated heterocycles. The number of nitrogens with zero attached hydrogens (tertiary/aromatic N) is 4. The molecule has 0 fully saturated rings. The molecule has 0 bridgehead atoms. The molecule has 3 rings (SSSR count). The number of nitrogens with one attached hydrogen (secondary N) is 1. The van der Waals surface area contributed by atoms with Crippen molar-refractivity contribution < 1.29 is 4.79 Å². The van der Waals surface area contributed by atoms with Crippen LogP contribution in [0.25, 0.3) is 11.0 Å². The van der Waals surface area contributed by atoms with Crippen molar-refractivity contribution in [3.05, 3.63) is 38.9 Å². The van der Waals surface area contributed by atoms with Gasteiger partial charge in [0.25, 0.3) is 5.91 Å². The lowest BCUT2D eigenvalue weighted by molar-refractivity contribution is 0.102. The molecule has 6 nitrogen and oxygen atoms in total. The van der Waals surface area contributed by atoms with Gasteiger partial charge in [0.2, 0.25) is 9.47 Å². The Morgan fingerprint density at radius 1 is 1.10 bits per heavy atom. The third-order valence-corrected chi connectivity index (χ3v) is 3.64. The number of rotatable bonds is 2. The van der Waals surface area contributed by atoms with E-state index in [0.29, 0.717) is 11.0 Å². The van der Waals surface area contributed by atoms with Gasteiger partial charge in [0.15, 0.2) is 11.0 Å². The topological polar surface area (TPSA) is 80.7 Å². The van der Waals surface area contributed by atoms with E-state index in [1.165, 1.54) is 0 Å². The third-order valence-electron chi connectivity index (χ3n) is 2.35. The summed E-state index contributed by atoms with van der Waals surface area (Å²) in [5.41, 5.74) is 1.27. The number of para-hydroxylation sites is 2. The first-order valence-electron chi connectivity index (χ1n) is 5.36. The number of anilines is 1. The van der Waals surface area contributed by atoms with Crippen molar-refractivity contribution in [2.24, 2.45) is 0 Å². The molecular weight excluding hydrogens is 321 g/mol. The molecule has 2 aromatic heterocycles.